The van der Waals surface area contributed by atoms with Gasteiger partial charge in [0.1, 0.15) is 0 Å². The molecule has 1 fully saturated rings. The van der Waals surface area contributed by atoms with Crippen LogP contribution in [0, 0.1) is 11.3 Å². The van der Waals surface area contributed by atoms with Gasteiger partial charge in [-0.3, -0.25) is 4.79 Å². The van der Waals surface area contributed by atoms with E-state index >= 15 is 0 Å². The van der Waals surface area contributed by atoms with E-state index in [0.29, 0.717) is 12.5 Å². The summed E-state index contributed by atoms with van der Waals surface area (Å²) in [6.07, 6.45) is 3.74. The van der Waals surface area contributed by atoms with E-state index in [1.807, 2.05) is 31.3 Å². The Balaban J connectivity index is 2.03. The minimum Gasteiger partial charge on any atom is -0.481 e. The second-order valence-corrected chi connectivity index (χ2v) is 7.02. The number of carboxylic acids is 1. The Morgan fingerprint density at radius 3 is 2.67 bits per heavy atom. The lowest BCUT2D eigenvalue weighted by atomic mass is 9.69. The number of rotatable bonds is 5. The Kier molecular flexibility index (Phi) is 5.28. The maximum absolute atomic E-state index is 11.8. The van der Waals surface area contributed by atoms with Gasteiger partial charge in [-0.05, 0) is 43.5 Å². The summed E-state index contributed by atoms with van der Waals surface area (Å²) < 4.78 is 0. The number of hydrogen-bond acceptors (Lipinski definition) is 2. The van der Waals surface area contributed by atoms with Gasteiger partial charge in [0.05, 0.1) is 5.41 Å². The number of nitrogens with zero attached hydrogens (tertiary/aromatic N) is 1. The van der Waals surface area contributed by atoms with Crippen molar-refractivity contribution in [3.05, 3.63) is 34.9 Å². The zero-order valence-electron chi connectivity index (χ0n) is 12.8. The molecule has 1 aliphatic rings. The van der Waals surface area contributed by atoms with E-state index in [1.165, 1.54) is 0 Å². The fourth-order valence-corrected chi connectivity index (χ4v) is 3.67. The molecule has 0 aliphatic heterocycles. The molecule has 1 saturated carbocycles. The summed E-state index contributed by atoms with van der Waals surface area (Å²) in [5.74, 6) is -0.143. The minimum absolute atomic E-state index is 0.499. The molecule has 3 nitrogen and oxygen atoms in total. The normalized spacial score (nSPS) is 26.0. The Labute approximate surface area is 131 Å². The molecule has 1 aliphatic carbocycles. The second kappa shape index (κ2) is 6.80. The van der Waals surface area contributed by atoms with Crippen LogP contribution in [0.2, 0.25) is 5.02 Å². The average Bonchev–Trinajstić information content (AvgIpc) is 2.41. The lowest BCUT2D eigenvalue weighted by Crippen LogP contribution is -2.44. The van der Waals surface area contributed by atoms with Gasteiger partial charge in [0.25, 0.3) is 0 Å². The van der Waals surface area contributed by atoms with Gasteiger partial charge in [0.15, 0.2) is 0 Å². The topological polar surface area (TPSA) is 40.5 Å². The van der Waals surface area contributed by atoms with Gasteiger partial charge >= 0.3 is 5.97 Å². The molecule has 0 radical (unpaired) electrons. The Morgan fingerprint density at radius 2 is 2.10 bits per heavy atom. The monoisotopic (exact) mass is 309 g/mol. The van der Waals surface area contributed by atoms with Crippen LogP contribution in [-0.4, -0.2) is 29.6 Å². The van der Waals surface area contributed by atoms with Crippen molar-refractivity contribution in [1.82, 2.24) is 4.90 Å². The van der Waals surface area contributed by atoms with E-state index in [-0.39, 0.29) is 0 Å². The second-order valence-electron chi connectivity index (χ2n) is 6.59. The van der Waals surface area contributed by atoms with Crippen LogP contribution in [0.4, 0.5) is 0 Å². The third-order valence-corrected chi connectivity index (χ3v) is 4.74. The SMILES string of the molecule is CC1CCCC(CN(C)Cc2ccc(Cl)cc2)(C(=O)O)C1. The number of carbonyl (C=O) groups is 1. The summed E-state index contributed by atoms with van der Waals surface area (Å²) in [6.45, 7) is 3.52. The van der Waals surface area contributed by atoms with Crippen molar-refractivity contribution >= 4 is 17.6 Å². The molecule has 116 valence electrons. The first kappa shape index (κ1) is 16.3. The van der Waals surface area contributed by atoms with Crippen LogP contribution >= 0.6 is 11.6 Å². The van der Waals surface area contributed by atoms with Crippen LogP contribution in [0.25, 0.3) is 0 Å². The van der Waals surface area contributed by atoms with Crippen molar-refractivity contribution in [2.24, 2.45) is 11.3 Å². The molecule has 2 unspecified atom stereocenters. The molecule has 2 atom stereocenters. The third-order valence-electron chi connectivity index (χ3n) is 4.48. The van der Waals surface area contributed by atoms with E-state index in [1.54, 1.807) is 0 Å². The summed E-state index contributed by atoms with van der Waals surface area (Å²) in [7, 11) is 2.00. The van der Waals surface area contributed by atoms with Crippen molar-refractivity contribution < 1.29 is 9.90 Å². The van der Waals surface area contributed by atoms with Crippen LogP contribution in [0.5, 0.6) is 0 Å². The lowest BCUT2D eigenvalue weighted by Gasteiger charge is -2.39. The average molecular weight is 310 g/mol. The molecule has 0 aromatic heterocycles. The summed E-state index contributed by atoms with van der Waals surface area (Å²) in [5.41, 5.74) is 0.574. The molecule has 0 saturated heterocycles. The maximum atomic E-state index is 11.8. The van der Waals surface area contributed by atoms with Crippen LogP contribution in [0.1, 0.15) is 38.2 Å². The standard InChI is InChI=1S/C17H24ClNO2/c1-13-4-3-9-17(10-13,16(20)21)12-19(2)11-14-5-7-15(18)8-6-14/h5-8,13H,3-4,9-12H2,1-2H3,(H,20,21). The smallest absolute Gasteiger partial charge is 0.310 e. The van der Waals surface area contributed by atoms with Gasteiger partial charge in [0.2, 0.25) is 0 Å². The first-order valence-corrected chi connectivity index (χ1v) is 7.95. The lowest BCUT2D eigenvalue weighted by molar-refractivity contribution is -0.153. The highest BCUT2D eigenvalue weighted by molar-refractivity contribution is 6.30. The van der Waals surface area contributed by atoms with Crippen molar-refractivity contribution in [3.8, 4) is 0 Å². The van der Waals surface area contributed by atoms with E-state index < -0.39 is 11.4 Å². The van der Waals surface area contributed by atoms with Crippen molar-refractivity contribution in [3.63, 3.8) is 0 Å². The summed E-state index contributed by atoms with van der Waals surface area (Å²) >= 11 is 5.89. The molecular weight excluding hydrogens is 286 g/mol. The molecule has 4 heteroatoms. The quantitative estimate of drug-likeness (QED) is 0.892. The van der Waals surface area contributed by atoms with Crippen molar-refractivity contribution in [2.45, 2.75) is 39.2 Å². The molecule has 1 aromatic rings. The molecule has 1 N–H and O–H groups in total. The van der Waals surface area contributed by atoms with Crippen molar-refractivity contribution in [1.29, 1.82) is 0 Å². The van der Waals surface area contributed by atoms with Gasteiger partial charge < -0.3 is 10.0 Å². The molecule has 1 aromatic carbocycles. The number of carboxylic acid groups (broad SMARTS) is 1. The highest BCUT2D eigenvalue weighted by atomic mass is 35.5. The number of halogens is 1. The molecule has 0 amide bonds. The summed E-state index contributed by atoms with van der Waals surface area (Å²) in [5, 5.41) is 10.4. The Morgan fingerprint density at radius 1 is 1.43 bits per heavy atom. The van der Waals surface area contributed by atoms with E-state index in [9.17, 15) is 9.90 Å². The van der Waals surface area contributed by atoms with Crippen LogP contribution in [-0.2, 0) is 11.3 Å². The fraction of sp³-hybridized carbons (Fsp3) is 0.588. The van der Waals surface area contributed by atoms with Gasteiger partial charge in [0, 0.05) is 18.1 Å². The molecule has 21 heavy (non-hydrogen) atoms. The number of hydrogen-bond donors (Lipinski definition) is 1. The maximum Gasteiger partial charge on any atom is 0.310 e. The molecule has 2 rings (SSSR count). The zero-order chi connectivity index (χ0) is 15.5. The van der Waals surface area contributed by atoms with E-state index in [2.05, 4.69) is 11.8 Å². The van der Waals surface area contributed by atoms with Gasteiger partial charge in [-0.1, -0.05) is 43.5 Å². The van der Waals surface area contributed by atoms with Crippen LogP contribution in [0.3, 0.4) is 0 Å². The largest absolute Gasteiger partial charge is 0.481 e. The number of aliphatic carboxylic acids is 1. The number of benzene rings is 1. The van der Waals surface area contributed by atoms with Crippen LogP contribution in [0.15, 0.2) is 24.3 Å². The first-order chi connectivity index (χ1) is 9.91. The predicted molar refractivity (Wildman–Crippen MR) is 85.5 cm³/mol. The predicted octanol–water partition coefficient (Wildman–Crippen LogP) is 4.05. The minimum atomic E-state index is -0.642. The summed E-state index contributed by atoms with van der Waals surface area (Å²) in [6, 6.07) is 7.74. The Bertz CT molecular complexity index is 488. The van der Waals surface area contributed by atoms with E-state index in [4.69, 9.17) is 11.6 Å². The van der Waals surface area contributed by atoms with Gasteiger partial charge in [-0.15, -0.1) is 0 Å². The molecule has 0 spiro atoms. The van der Waals surface area contributed by atoms with E-state index in [0.717, 1.165) is 42.8 Å². The van der Waals surface area contributed by atoms with Gasteiger partial charge in [-0.25, -0.2) is 0 Å². The van der Waals surface area contributed by atoms with Crippen molar-refractivity contribution in [2.75, 3.05) is 13.6 Å². The molecule has 0 heterocycles. The van der Waals surface area contributed by atoms with Crippen LogP contribution < -0.4 is 0 Å². The van der Waals surface area contributed by atoms with Gasteiger partial charge in [-0.2, -0.15) is 0 Å². The molecular formula is C17H24ClNO2. The first-order valence-electron chi connectivity index (χ1n) is 7.58. The Hall–Kier alpha value is -1.06. The highest BCUT2D eigenvalue weighted by Crippen LogP contribution is 2.40. The molecule has 0 bridgehead atoms. The third kappa shape index (κ3) is 4.21. The summed E-state index contributed by atoms with van der Waals surface area (Å²) in [4.78, 5) is 13.9. The fourth-order valence-electron chi connectivity index (χ4n) is 3.54. The highest BCUT2D eigenvalue weighted by Gasteiger charge is 2.42. The zero-order valence-corrected chi connectivity index (χ0v) is 13.6.